The largest absolute Gasteiger partial charge is 0.436 e. The number of hydrogen-bond donors (Lipinski definition) is 0. The van der Waals surface area contributed by atoms with Gasteiger partial charge >= 0.3 is 0 Å². The molecule has 0 atom stereocenters. The number of benzene rings is 4. The molecule has 2 heterocycles. The molecule has 0 spiro atoms. The SMILES string of the molecule is N#Cc1c(/N=C/c2cn(-c3ccccc3)nc2-c2ccc(Cl)cc2)oc(-c2ccccc2)c1-c1ccccc1. The van der Waals surface area contributed by atoms with E-state index in [2.05, 4.69) is 6.07 Å². The summed E-state index contributed by atoms with van der Waals surface area (Å²) in [5.41, 5.74) is 6.16. The third-order valence-corrected chi connectivity index (χ3v) is 6.55. The zero-order chi connectivity index (χ0) is 26.6. The number of furan rings is 1. The van der Waals surface area contributed by atoms with Crippen LogP contribution >= 0.6 is 11.6 Å². The Bertz CT molecular complexity index is 1800. The molecule has 39 heavy (non-hydrogen) atoms. The van der Waals surface area contributed by atoms with E-state index in [-0.39, 0.29) is 5.88 Å². The fourth-order valence-electron chi connectivity index (χ4n) is 4.44. The van der Waals surface area contributed by atoms with E-state index in [1.54, 1.807) is 6.21 Å². The van der Waals surface area contributed by atoms with Gasteiger partial charge in [-0.15, -0.1) is 0 Å². The fraction of sp³-hybridized carbons (Fsp3) is 0. The highest BCUT2D eigenvalue weighted by Crippen LogP contribution is 2.42. The van der Waals surface area contributed by atoms with Crippen molar-refractivity contribution in [2.75, 3.05) is 0 Å². The summed E-state index contributed by atoms with van der Waals surface area (Å²) >= 11 is 6.14. The summed E-state index contributed by atoms with van der Waals surface area (Å²) in [6, 6.07) is 39.2. The Morgan fingerprint density at radius 3 is 2.03 bits per heavy atom. The van der Waals surface area contributed by atoms with E-state index in [1.165, 1.54) is 0 Å². The van der Waals surface area contributed by atoms with Gasteiger partial charge in [-0.1, -0.05) is 103 Å². The Labute approximate surface area is 230 Å². The summed E-state index contributed by atoms with van der Waals surface area (Å²) < 4.78 is 8.10. The van der Waals surface area contributed by atoms with Crippen molar-refractivity contribution >= 4 is 23.7 Å². The minimum Gasteiger partial charge on any atom is -0.436 e. The van der Waals surface area contributed by atoms with Crippen LogP contribution in [0, 0.1) is 11.3 Å². The predicted molar refractivity (Wildman–Crippen MR) is 156 cm³/mol. The minimum atomic E-state index is 0.240. The monoisotopic (exact) mass is 524 g/mol. The lowest BCUT2D eigenvalue weighted by molar-refractivity contribution is 0.593. The lowest BCUT2D eigenvalue weighted by Crippen LogP contribution is -1.93. The summed E-state index contributed by atoms with van der Waals surface area (Å²) in [6.45, 7) is 0. The number of halogens is 1. The average Bonchev–Trinajstić information content (AvgIpc) is 3.59. The van der Waals surface area contributed by atoms with Gasteiger partial charge in [0.2, 0.25) is 5.88 Å². The van der Waals surface area contributed by atoms with Crippen LogP contribution in [0.2, 0.25) is 5.02 Å². The third kappa shape index (κ3) is 4.89. The van der Waals surface area contributed by atoms with Gasteiger partial charge in [0.25, 0.3) is 0 Å². The van der Waals surface area contributed by atoms with E-state index >= 15 is 0 Å². The first-order valence-electron chi connectivity index (χ1n) is 12.3. The quantitative estimate of drug-likeness (QED) is 0.204. The number of para-hydroxylation sites is 1. The van der Waals surface area contributed by atoms with Crippen LogP contribution in [0.5, 0.6) is 0 Å². The Hall–Kier alpha value is -5.18. The van der Waals surface area contributed by atoms with E-state index < -0.39 is 0 Å². The van der Waals surface area contributed by atoms with Gasteiger partial charge in [0.05, 0.1) is 5.69 Å². The second-order valence-electron chi connectivity index (χ2n) is 8.81. The van der Waals surface area contributed by atoms with Crippen LogP contribution < -0.4 is 0 Å². The van der Waals surface area contributed by atoms with Crippen LogP contribution in [-0.2, 0) is 0 Å². The van der Waals surface area contributed by atoms with E-state index in [1.807, 2.05) is 126 Å². The molecule has 6 rings (SSSR count). The highest BCUT2D eigenvalue weighted by molar-refractivity contribution is 6.30. The molecule has 0 saturated heterocycles. The molecule has 0 unspecified atom stereocenters. The molecule has 0 aliphatic rings. The smallest absolute Gasteiger partial charge is 0.238 e. The number of nitriles is 1. The van der Waals surface area contributed by atoms with Gasteiger partial charge in [0, 0.05) is 39.7 Å². The van der Waals surface area contributed by atoms with Crippen molar-refractivity contribution in [3.8, 4) is 45.5 Å². The van der Waals surface area contributed by atoms with Crippen LogP contribution in [-0.4, -0.2) is 16.0 Å². The topological polar surface area (TPSA) is 67.1 Å². The molecular weight excluding hydrogens is 504 g/mol. The zero-order valence-electron chi connectivity index (χ0n) is 20.7. The number of rotatable bonds is 6. The number of nitrogens with zero attached hydrogens (tertiary/aromatic N) is 4. The molecule has 0 saturated carbocycles. The fourth-order valence-corrected chi connectivity index (χ4v) is 4.57. The van der Waals surface area contributed by atoms with Crippen LogP contribution in [0.3, 0.4) is 0 Å². The Kier molecular flexibility index (Phi) is 6.61. The zero-order valence-corrected chi connectivity index (χ0v) is 21.5. The molecule has 5 nitrogen and oxygen atoms in total. The van der Waals surface area contributed by atoms with Gasteiger partial charge in [-0.25, -0.2) is 9.67 Å². The van der Waals surface area contributed by atoms with Crippen molar-refractivity contribution in [2.24, 2.45) is 4.99 Å². The molecule has 6 aromatic rings. The molecule has 6 heteroatoms. The summed E-state index contributed by atoms with van der Waals surface area (Å²) in [6.07, 6.45) is 3.60. The highest BCUT2D eigenvalue weighted by Gasteiger charge is 2.23. The van der Waals surface area contributed by atoms with Crippen LogP contribution in [0.4, 0.5) is 5.88 Å². The lowest BCUT2D eigenvalue weighted by Gasteiger charge is -2.03. The van der Waals surface area contributed by atoms with Crippen LogP contribution in [0.25, 0.3) is 39.4 Å². The summed E-state index contributed by atoms with van der Waals surface area (Å²) in [7, 11) is 0. The van der Waals surface area contributed by atoms with E-state index in [0.29, 0.717) is 21.9 Å². The van der Waals surface area contributed by atoms with Gasteiger partial charge in [-0.3, -0.25) is 0 Å². The minimum absolute atomic E-state index is 0.240. The van der Waals surface area contributed by atoms with Crippen molar-refractivity contribution in [3.63, 3.8) is 0 Å². The normalized spacial score (nSPS) is 11.1. The van der Waals surface area contributed by atoms with E-state index in [9.17, 15) is 5.26 Å². The number of hydrogen-bond acceptors (Lipinski definition) is 4. The molecular formula is C33H21ClN4O. The molecule has 4 aromatic carbocycles. The third-order valence-electron chi connectivity index (χ3n) is 6.30. The second kappa shape index (κ2) is 10.7. The molecule has 0 amide bonds. The molecule has 0 fully saturated rings. The first-order chi connectivity index (χ1) is 19.2. The maximum Gasteiger partial charge on any atom is 0.238 e. The average molecular weight is 525 g/mol. The van der Waals surface area contributed by atoms with Gasteiger partial charge < -0.3 is 4.42 Å². The molecule has 0 bridgehead atoms. The Balaban J connectivity index is 1.49. The molecule has 0 aliphatic heterocycles. The number of aliphatic imine (C=N–C) groups is 1. The number of aromatic nitrogens is 2. The standard InChI is InChI=1S/C33H21ClN4O/c34-27-18-16-24(17-19-27)31-26(22-38(37-31)28-14-8-3-9-15-28)21-36-33-29(20-35)30(23-10-4-1-5-11-23)32(39-33)25-12-6-2-7-13-25/h1-19,21-22H/b36-21+. The summed E-state index contributed by atoms with van der Waals surface area (Å²) in [5.74, 6) is 0.841. The van der Waals surface area contributed by atoms with Crippen molar-refractivity contribution in [3.05, 3.63) is 138 Å². The molecule has 0 radical (unpaired) electrons. The van der Waals surface area contributed by atoms with E-state index in [0.717, 1.165) is 33.6 Å². The van der Waals surface area contributed by atoms with Crippen molar-refractivity contribution in [2.45, 2.75) is 0 Å². The molecule has 0 N–H and O–H groups in total. The van der Waals surface area contributed by atoms with Crippen molar-refractivity contribution in [1.29, 1.82) is 5.26 Å². The van der Waals surface area contributed by atoms with Gasteiger partial charge in [-0.2, -0.15) is 10.4 Å². The van der Waals surface area contributed by atoms with Crippen molar-refractivity contribution in [1.82, 2.24) is 9.78 Å². The highest BCUT2D eigenvalue weighted by atomic mass is 35.5. The molecule has 0 aliphatic carbocycles. The maximum atomic E-state index is 10.2. The van der Waals surface area contributed by atoms with E-state index in [4.69, 9.17) is 26.1 Å². The Morgan fingerprint density at radius 2 is 1.38 bits per heavy atom. The van der Waals surface area contributed by atoms with Gasteiger partial charge in [0.15, 0.2) is 0 Å². The first-order valence-corrected chi connectivity index (χ1v) is 12.7. The van der Waals surface area contributed by atoms with Crippen molar-refractivity contribution < 1.29 is 4.42 Å². The Morgan fingerprint density at radius 1 is 0.769 bits per heavy atom. The van der Waals surface area contributed by atoms with Gasteiger partial charge in [-0.05, 0) is 29.8 Å². The second-order valence-corrected chi connectivity index (χ2v) is 9.24. The molecule has 2 aromatic heterocycles. The first kappa shape index (κ1) is 24.2. The van der Waals surface area contributed by atoms with Crippen LogP contribution in [0.1, 0.15) is 11.1 Å². The summed E-state index contributed by atoms with van der Waals surface area (Å²) in [5, 5.41) is 15.7. The predicted octanol–water partition coefficient (Wildman–Crippen LogP) is 8.74. The summed E-state index contributed by atoms with van der Waals surface area (Å²) in [4.78, 5) is 4.70. The van der Waals surface area contributed by atoms with Gasteiger partial charge in [0.1, 0.15) is 23.1 Å². The van der Waals surface area contributed by atoms with Crippen LogP contribution in [0.15, 0.2) is 131 Å². The molecule has 186 valence electrons. The maximum absolute atomic E-state index is 10.2. The lowest BCUT2D eigenvalue weighted by atomic mass is 9.98.